The number of nitrogen functional groups attached to an aromatic ring is 1. The Morgan fingerprint density at radius 2 is 2.20 bits per heavy atom. The molecule has 2 aromatic rings. The van der Waals surface area contributed by atoms with Crippen LogP contribution in [0.25, 0.3) is 0 Å². The van der Waals surface area contributed by atoms with Gasteiger partial charge in [-0.15, -0.1) is 11.8 Å². The van der Waals surface area contributed by atoms with Crippen LogP contribution in [-0.2, 0) is 0 Å². The summed E-state index contributed by atoms with van der Waals surface area (Å²) in [4.78, 5) is 15.6. The molecule has 0 radical (unpaired) electrons. The van der Waals surface area contributed by atoms with Crippen LogP contribution in [0.15, 0.2) is 28.5 Å². The molecule has 0 unspecified atom stereocenters. The molecular weight excluding hydrogens is 292 g/mol. The summed E-state index contributed by atoms with van der Waals surface area (Å²) in [6, 6.07) is 7.29. The van der Waals surface area contributed by atoms with Crippen molar-refractivity contribution < 1.29 is 9.53 Å². The zero-order valence-corrected chi connectivity index (χ0v) is 13.0. The number of rotatable bonds is 6. The molecule has 106 valence electrons. The molecule has 4 nitrogen and oxygen atoms in total. The fraction of sp³-hybridized carbons (Fsp3) is 0.286. The van der Waals surface area contributed by atoms with Crippen molar-refractivity contribution in [3.05, 3.63) is 35.5 Å². The van der Waals surface area contributed by atoms with E-state index >= 15 is 0 Å². The van der Waals surface area contributed by atoms with Gasteiger partial charge >= 0.3 is 0 Å². The van der Waals surface area contributed by atoms with Crippen molar-refractivity contribution in [2.45, 2.75) is 18.1 Å². The summed E-state index contributed by atoms with van der Waals surface area (Å²) in [5.41, 5.74) is 7.23. The third kappa shape index (κ3) is 3.74. The van der Waals surface area contributed by atoms with E-state index in [-0.39, 0.29) is 5.78 Å². The van der Waals surface area contributed by atoms with E-state index < -0.39 is 0 Å². The summed E-state index contributed by atoms with van der Waals surface area (Å²) < 4.78 is 6.79. The fourth-order valence-corrected chi connectivity index (χ4v) is 3.62. The number of para-hydroxylation sites is 1. The number of nitrogens with zero attached hydrogens (tertiary/aromatic N) is 1. The van der Waals surface area contributed by atoms with E-state index in [1.807, 2.05) is 25.1 Å². The summed E-state index contributed by atoms with van der Waals surface area (Å²) in [6.45, 7) is 4.02. The predicted molar refractivity (Wildman–Crippen MR) is 83.9 cm³/mol. The van der Waals surface area contributed by atoms with Crippen LogP contribution in [0.4, 0.5) is 5.13 Å². The normalized spacial score (nSPS) is 10.5. The van der Waals surface area contributed by atoms with Crippen molar-refractivity contribution in [3.8, 4) is 5.75 Å². The summed E-state index contributed by atoms with van der Waals surface area (Å²) in [5, 5.41) is 0.591. The second-order valence-corrected chi connectivity index (χ2v) is 6.57. The molecule has 6 heteroatoms. The Morgan fingerprint density at radius 3 is 2.85 bits per heavy atom. The monoisotopic (exact) mass is 308 g/mol. The number of anilines is 1. The molecule has 0 aliphatic heterocycles. The van der Waals surface area contributed by atoms with Crippen LogP contribution in [0.3, 0.4) is 0 Å². The van der Waals surface area contributed by atoms with Gasteiger partial charge in [-0.1, -0.05) is 23.5 Å². The zero-order valence-electron chi connectivity index (χ0n) is 11.4. The summed E-state index contributed by atoms with van der Waals surface area (Å²) in [5.74, 6) is 1.44. The molecule has 0 spiro atoms. The van der Waals surface area contributed by atoms with Gasteiger partial charge in [0.1, 0.15) is 5.75 Å². The first-order valence-electron chi connectivity index (χ1n) is 6.16. The zero-order chi connectivity index (χ0) is 14.5. The first-order valence-corrected chi connectivity index (χ1v) is 7.96. The topological polar surface area (TPSA) is 65.2 Å². The molecule has 0 aliphatic rings. The number of benzene rings is 1. The number of nitrogens with two attached hydrogens (primary N) is 1. The van der Waals surface area contributed by atoms with Gasteiger partial charge in [0.2, 0.25) is 0 Å². The average Bonchev–Trinajstić information content (AvgIpc) is 2.73. The molecule has 20 heavy (non-hydrogen) atoms. The quantitative estimate of drug-likeness (QED) is 0.503. The van der Waals surface area contributed by atoms with Crippen molar-refractivity contribution >= 4 is 34.0 Å². The number of carbonyl (C=O) groups is 1. The molecule has 0 amide bonds. The largest absolute Gasteiger partial charge is 0.492 e. The van der Waals surface area contributed by atoms with Gasteiger partial charge in [0.25, 0.3) is 0 Å². The average molecular weight is 308 g/mol. The maximum Gasteiger partial charge on any atom is 0.181 e. The lowest BCUT2D eigenvalue weighted by Crippen LogP contribution is -2.04. The number of ether oxygens (including phenoxy) is 1. The van der Waals surface area contributed by atoms with E-state index in [0.29, 0.717) is 23.1 Å². The van der Waals surface area contributed by atoms with Crippen LogP contribution < -0.4 is 10.5 Å². The van der Waals surface area contributed by atoms with Crippen LogP contribution in [0.5, 0.6) is 5.75 Å². The lowest BCUT2D eigenvalue weighted by Gasteiger charge is -2.09. The Bertz CT molecular complexity index is 611. The SMILES string of the molecule is CC(=O)c1ccccc1OCCSc1sc(N)nc1C. The molecule has 1 heterocycles. The first-order chi connectivity index (χ1) is 9.58. The summed E-state index contributed by atoms with van der Waals surface area (Å²) >= 11 is 3.16. The predicted octanol–water partition coefficient (Wildman–Crippen LogP) is 3.41. The van der Waals surface area contributed by atoms with Gasteiger partial charge in [0.05, 0.1) is 22.1 Å². The maximum absolute atomic E-state index is 11.5. The van der Waals surface area contributed by atoms with Crippen LogP contribution in [0.2, 0.25) is 0 Å². The number of hydrogen-bond donors (Lipinski definition) is 1. The van der Waals surface area contributed by atoms with Crippen molar-refractivity contribution in [1.29, 1.82) is 0 Å². The Balaban J connectivity index is 1.88. The van der Waals surface area contributed by atoms with E-state index in [4.69, 9.17) is 10.5 Å². The minimum absolute atomic E-state index is 0.0133. The number of carbonyl (C=O) groups excluding carboxylic acids is 1. The smallest absolute Gasteiger partial charge is 0.181 e. The number of Topliss-reactive ketones (excluding diaryl/α,β-unsaturated/α-hetero) is 1. The standard InChI is InChI=1S/C14H16N2O2S2/c1-9-13(20-14(15)16-9)19-8-7-18-12-6-4-3-5-11(12)10(2)17/h3-6H,7-8H2,1-2H3,(H2,15,16). The minimum Gasteiger partial charge on any atom is -0.492 e. The number of thiazole rings is 1. The molecule has 0 fully saturated rings. The molecule has 0 saturated carbocycles. The summed E-state index contributed by atoms with van der Waals surface area (Å²) in [7, 11) is 0. The Labute approximate surface area is 126 Å². The molecule has 1 aromatic carbocycles. The Kier molecular flexibility index (Phi) is 5.03. The highest BCUT2D eigenvalue weighted by atomic mass is 32.2. The molecule has 1 aromatic heterocycles. The molecule has 0 atom stereocenters. The van der Waals surface area contributed by atoms with E-state index in [1.165, 1.54) is 11.3 Å². The van der Waals surface area contributed by atoms with Gasteiger partial charge in [-0.25, -0.2) is 4.98 Å². The third-order valence-electron chi connectivity index (χ3n) is 2.61. The molecule has 0 aliphatic carbocycles. The van der Waals surface area contributed by atoms with Gasteiger partial charge < -0.3 is 10.5 Å². The highest BCUT2D eigenvalue weighted by Gasteiger charge is 2.08. The van der Waals surface area contributed by atoms with Gasteiger partial charge in [-0.3, -0.25) is 4.79 Å². The number of aromatic nitrogens is 1. The third-order valence-corrected chi connectivity index (χ3v) is 4.92. The molecular formula is C14H16N2O2S2. The van der Waals surface area contributed by atoms with Gasteiger partial charge in [0.15, 0.2) is 10.9 Å². The first kappa shape index (κ1) is 14.9. The van der Waals surface area contributed by atoms with Gasteiger partial charge in [-0.05, 0) is 26.0 Å². The number of ketones is 1. The second kappa shape index (κ2) is 6.76. The number of aryl methyl sites for hydroxylation is 1. The van der Waals surface area contributed by atoms with Crippen molar-refractivity contribution in [2.24, 2.45) is 0 Å². The highest BCUT2D eigenvalue weighted by Crippen LogP contribution is 2.30. The number of thioether (sulfide) groups is 1. The van der Waals surface area contributed by atoms with Crippen LogP contribution >= 0.6 is 23.1 Å². The molecule has 0 bridgehead atoms. The molecule has 2 N–H and O–H groups in total. The lowest BCUT2D eigenvalue weighted by molar-refractivity contribution is 0.101. The van der Waals surface area contributed by atoms with Crippen molar-refractivity contribution in [1.82, 2.24) is 4.98 Å². The second-order valence-electron chi connectivity index (χ2n) is 4.17. The van der Waals surface area contributed by atoms with Crippen molar-refractivity contribution in [3.63, 3.8) is 0 Å². The Hall–Kier alpha value is -1.53. The summed E-state index contributed by atoms with van der Waals surface area (Å²) in [6.07, 6.45) is 0. The highest BCUT2D eigenvalue weighted by molar-refractivity contribution is 8.01. The van der Waals surface area contributed by atoms with Crippen LogP contribution in [-0.4, -0.2) is 23.1 Å². The number of hydrogen-bond acceptors (Lipinski definition) is 6. The van der Waals surface area contributed by atoms with Crippen LogP contribution in [0, 0.1) is 6.92 Å². The fourth-order valence-electron chi connectivity index (χ4n) is 1.71. The van der Waals surface area contributed by atoms with Gasteiger partial charge in [0, 0.05) is 5.75 Å². The minimum atomic E-state index is 0.0133. The lowest BCUT2D eigenvalue weighted by atomic mass is 10.1. The van der Waals surface area contributed by atoms with E-state index in [2.05, 4.69) is 4.98 Å². The van der Waals surface area contributed by atoms with E-state index in [9.17, 15) is 4.79 Å². The molecule has 2 rings (SSSR count). The Morgan fingerprint density at radius 1 is 1.45 bits per heavy atom. The maximum atomic E-state index is 11.5. The van der Waals surface area contributed by atoms with E-state index in [0.717, 1.165) is 15.7 Å². The van der Waals surface area contributed by atoms with E-state index in [1.54, 1.807) is 24.8 Å². The molecule has 0 saturated heterocycles. The van der Waals surface area contributed by atoms with Gasteiger partial charge in [-0.2, -0.15) is 0 Å². The van der Waals surface area contributed by atoms with Crippen LogP contribution in [0.1, 0.15) is 23.0 Å². The van der Waals surface area contributed by atoms with Crippen molar-refractivity contribution in [2.75, 3.05) is 18.1 Å².